The third kappa shape index (κ3) is 4.03. The first-order valence-corrected chi connectivity index (χ1v) is 12.3. The quantitative estimate of drug-likeness (QED) is 0.274. The fourth-order valence-corrected chi connectivity index (χ4v) is 5.36. The fourth-order valence-electron chi connectivity index (χ4n) is 5.02. The monoisotopic (exact) mass is 539 g/mol. The Morgan fingerprint density at radius 3 is 2.57 bits per heavy atom. The van der Waals surface area contributed by atoms with Gasteiger partial charge in [0.2, 0.25) is 0 Å². The van der Waals surface area contributed by atoms with E-state index in [1.165, 1.54) is 13.2 Å². The number of imidazole rings is 1. The van der Waals surface area contributed by atoms with Gasteiger partial charge in [-0.1, -0.05) is 47.5 Å². The van der Waals surface area contributed by atoms with Crippen molar-refractivity contribution in [2.24, 2.45) is 0 Å². The Morgan fingerprint density at radius 2 is 1.84 bits per heavy atom. The summed E-state index contributed by atoms with van der Waals surface area (Å²) >= 11 is 12.5. The van der Waals surface area contributed by atoms with E-state index in [2.05, 4.69) is 5.32 Å². The molecule has 6 nitrogen and oxygen atoms in total. The summed E-state index contributed by atoms with van der Waals surface area (Å²) in [6.45, 7) is 4.03. The lowest BCUT2D eigenvalue weighted by Crippen LogP contribution is -2.39. The number of anilines is 1. The molecule has 3 aromatic carbocycles. The molecule has 1 aromatic heterocycles. The molecule has 0 amide bonds. The molecule has 0 spiro atoms. The Balaban J connectivity index is 1.86. The number of methoxy groups -OCH3 is 2. The van der Waals surface area contributed by atoms with Crippen molar-refractivity contribution < 1.29 is 18.7 Å². The molecule has 190 valence electrons. The van der Waals surface area contributed by atoms with Crippen molar-refractivity contribution in [1.29, 1.82) is 0 Å². The molecule has 1 aliphatic rings. The van der Waals surface area contributed by atoms with Crippen molar-refractivity contribution in [3.8, 4) is 17.1 Å². The molecule has 4 aromatic rings. The smallest absolute Gasteiger partial charge is 0.358 e. The number of aromatic nitrogens is 2. The van der Waals surface area contributed by atoms with Gasteiger partial charge in [0.1, 0.15) is 11.6 Å². The minimum Gasteiger partial charge on any atom is -0.496 e. The maximum atomic E-state index is 15.1. The molecule has 5 rings (SSSR count). The van der Waals surface area contributed by atoms with Crippen molar-refractivity contribution in [2.75, 3.05) is 19.5 Å². The van der Waals surface area contributed by atoms with Gasteiger partial charge >= 0.3 is 5.97 Å². The topological polar surface area (TPSA) is 65.4 Å². The van der Waals surface area contributed by atoms with Crippen LogP contribution in [0.1, 0.15) is 47.2 Å². The Kier molecular flexibility index (Phi) is 6.38. The first-order valence-electron chi connectivity index (χ1n) is 11.5. The minimum absolute atomic E-state index is 0.0196. The number of esters is 1. The van der Waals surface area contributed by atoms with E-state index in [-0.39, 0.29) is 16.4 Å². The predicted octanol–water partition coefficient (Wildman–Crippen LogP) is 7.09. The molecule has 0 bridgehead atoms. The van der Waals surface area contributed by atoms with Crippen molar-refractivity contribution in [3.63, 3.8) is 0 Å². The number of rotatable bonds is 5. The molecule has 0 fully saturated rings. The summed E-state index contributed by atoms with van der Waals surface area (Å²) in [5.74, 6) is -0.122. The number of nitrogens with zero attached hydrogens (tertiary/aromatic N) is 2. The van der Waals surface area contributed by atoms with Gasteiger partial charge in [0.25, 0.3) is 0 Å². The molecule has 1 N–H and O–H groups in total. The number of hydrogen-bond donors (Lipinski definition) is 1. The van der Waals surface area contributed by atoms with Gasteiger partial charge in [0, 0.05) is 5.02 Å². The van der Waals surface area contributed by atoms with E-state index in [0.717, 1.165) is 11.1 Å². The molecule has 1 aliphatic heterocycles. The lowest BCUT2D eigenvalue weighted by molar-refractivity contribution is 0.0592. The van der Waals surface area contributed by atoms with Crippen molar-refractivity contribution in [3.05, 3.63) is 99.0 Å². The summed E-state index contributed by atoms with van der Waals surface area (Å²) in [7, 11) is 2.88. The summed E-state index contributed by atoms with van der Waals surface area (Å²) in [6, 6.07) is 17.0. The van der Waals surface area contributed by atoms with Crippen LogP contribution >= 0.6 is 23.2 Å². The van der Waals surface area contributed by atoms with Gasteiger partial charge in [-0.05, 0) is 61.4 Å². The predicted molar refractivity (Wildman–Crippen MR) is 142 cm³/mol. The zero-order valence-corrected chi connectivity index (χ0v) is 22.1. The molecule has 0 radical (unpaired) electrons. The van der Waals surface area contributed by atoms with Crippen LogP contribution in [0.25, 0.3) is 11.4 Å². The molecule has 0 saturated heterocycles. The number of hydrogen-bond acceptors (Lipinski definition) is 5. The van der Waals surface area contributed by atoms with Crippen LogP contribution < -0.4 is 10.1 Å². The number of nitrogens with one attached hydrogen (secondary N) is 1. The van der Waals surface area contributed by atoms with E-state index in [9.17, 15) is 4.79 Å². The zero-order valence-electron chi connectivity index (χ0n) is 20.6. The second-order valence-electron chi connectivity index (χ2n) is 9.17. The van der Waals surface area contributed by atoms with Gasteiger partial charge in [-0.25, -0.2) is 14.2 Å². The Hall–Kier alpha value is -3.55. The fraction of sp³-hybridized carbons (Fsp3) is 0.214. The number of benzene rings is 3. The molecule has 1 atom stereocenters. The Bertz CT molecular complexity index is 1530. The molecule has 0 aliphatic carbocycles. The van der Waals surface area contributed by atoms with Crippen LogP contribution in [0.4, 0.5) is 10.1 Å². The summed E-state index contributed by atoms with van der Waals surface area (Å²) in [4.78, 5) is 17.9. The van der Waals surface area contributed by atoms with E-state index < -0.39 is 23.4 Å². The summed E-state index contributed by atoms with van der Waals surface area (Å²) in [6.07, 6.45) is 0. The highest BCUT2D eigenvalue weighted by atomic mass is 35.5. The highest BCUT2D eigenvalue weighted by Gasteiger charge is 2.44. The van der Waals surface area contributed by atoms with Gasteiger partial charge in [-0.2, -0.15) is 0 Å². The van der Waals surface area contributed by atoms with Crippen LogP contribution in [0.5, 0.6) is 5.75 Å². The number of para-hydroxylation sites is 1. The van der Waals surface area contributed by atoms with E-state index in [1.807, 2.05) is 54.8 Å². The van der Waals surface area contributed by atoms with E-state index >= 15 is 4.39 Å². The normalized spacial score (nSPS) is 15.5. The number of fused-ring (bicyclic) bond motifs is 2. The standard InChI is InChI=1S/C28H24Cl2FN3O3/c1-28(2)18-14-15(29)12-13-16(18)23(32-20-10-7-9-19(30)22(20)31)25-24(27(35)37-4)33-26(34(25)28)17-8-5-6-11-21(17)36-3/h5-14,23,32H,1-4H3. The maximum absolute atomic E-state index is 15.1. The van der Waals surface area contributed by atoms with Crippen molar-refractivity contribution in [2.45, 2.75) is 25.4 Å². The third-order valence-corrected chi connectivity index (χ3v) is 7.24. The van der Waals surface area contributed by atoms with Gasteiger partial charge < -0.3 is 19.4 Å². The van der Waals surface area contributed by atoms with Crippen LogP contribution in [0.15, 0.2) is 60.7 Å². The molecule has 1 unspecified atom stereocenters. The average Bonchev–Trinajstić information content (AvgIpc) is 3.30. The first kappa shape index (κ1) is 25.1. The SMILES string of the molecule is COC(=O)c1nc(-c2ccccc2OC)n2c1C(Nc1cccc(Cl)c1F)c1ccc(Cl)cc1C2(C)C. The van der Waals surface area contributed by atoms with Crippen molar-refractivity contribution in [1.82, 2.24) is 9.55 Å². The molecule has 2 heterocycles. The summed E-state index contributed by atoms with van der Waals surface area (Å²) in [5, 5.41) is 3.80. The first-order chi connectivity index (χ1) is 17.7. The summed E-state index contributed by atoms with van der Waals surface area (Å²) < 4.78 is 27.8. The average molecular weight is 540 g/mol. The van der Waals surface area contributed by atoms with Crippen LogP contribution in [-0.2, 0) is 10.3 Å². The van der Waals surface area contributed by atoms with E-state index in [1.54, 1.807) is 25.3 Å². The molecule has 0 saturated carbocycles. The summed E-state index contributed by atoms with van der Waals surface area (Å²) in [5.41, 5.74) is 2.49. The number of halogens is 3. The zero-order chi connectivity index (χ0) is 26.5. The van der Waals surface area contributed by atoms with Crippen LogP contribution in [-0.4, -0.2) is 29.7 Å². The minimum atomic E-state index is -0.712. The van der Waals surface area contributed by atoms with E-state index in [0.29, 0.717) is 27.9 Å². The molecular formula is C28H24Cl2FN3O3. The maximum Gasteiger partial charge on any atom is 0.358 e. The molecular weight excluding hydrogens is 516 g/mol. The van der Waals surface area contributed by atoms with Gasteiger partial charge in [0.05, 0.1) is 47.8 Å². The highest BCUT2D eigenvalue weighted by Crippen LogP contribution is 2.48. The van der Waals surface area contributed by atoms with Crippen LogP contribution in [0, 0.1) is 5.82 Å². The second kappa shape index (κ2) is 9.39. The van der Waals surface area contributed by atoms with Gasteiger partial charge in [-0.3, -0.25) is 0 Å². The van der Waals surface area contributed by atoms with Crippen LogP contribution in [0.2, 0.25) is 10.0 Å². The number of ether oxygens (including phenoxy) is 2. The molecule has 37 heavy (non-hydrogen) atoms. The van der Waals surface area contributed by atoms with E-state index in [4.69, 9.17) is 37.7 Å². The Labute approximate surface area is 224 Å². The Morgan fingerprint density at radius 1 is 1.08 bits per heavy atom. The van der Waals surface area contributed by atoms with Crippen molar-refractivity contribution >= 4 is 34.9 Å². The lowest BCUT2D eigenvalue weighted by Gasteiger charge is -2.41. The second-order valence-corrected chi connectivity index (χ2v) is 10.0. The number of carbonyl (C=O) groups is 1. The lowest BCUT2D eigenvalue weighted by atomic mass is 9.81. The largest absolute Gasteiger partial charge is 0.496 e. The molecule has 9 heteroatoms. The van der Waals surface area contributed by atoms with Gasteiger partial charge in [0.15, 0.2) is 11.5 Å². The van der Waals surface area contributed by atoms with Gasteiger partial charge in [-0.15, -0.1) is 0 Å². The highest BCUT2D eigenvalue weighted by molar-refractivity contribution is 6.31. The van der Waals surface area contributed by atoms with Crippen LogP contribution in [0.3, 0.4) is 0 Å². The number of carbonyl (C=O) groups excluding carboxylic acids is 1. The third-order valence-electron chi connectivity index (χ3n) is 6.71.